The maximum absolute atomic E-state index is 12.0. The number of esters is 1. The molecular formula is C21H19NO4S. The number of nitrogens with one attached hydrogen (secondary N) is 1. The highest BCUT2D eigenvalue weighted by atomic mass is 32.1. The van der Waals surface area contributed by atoms with E-state index < -0.39 is 0 Å². The van der Waals surface area contributed by atoms with Crippen molar-refractivity contribution >= 4 is 28.9 Å². The van der Waals surface area contributed by atoms with Gasteiger partial charge >= 0.3 is 5.97 Å². The molecule has 0 atom stereocenters. The van der Waals surface area contributed by atoms with Crippen LogP contribution in [0.25, 0.3) is 0 Å². The second-order valence-corrected chi connectivity index (χ2v) is 6.73. The lowest BCUT2D eigenvalue weighted by molar-refractivity contribution is -0.134. The van der Waals surface area contributed by atoms with Crippen LogP contribution >= 0.6 is 11.3 Å². The maximum Gasteiger partial charge on any atom is 0.311 e. The largest absolute Gasteiger partial charge is 0.497 e. The third-order valence-electron chi connectivity index (χ3n) is 3.84. The van der Waals surface area contributed by atoms with Gasteiger partial charge in [0, 0.05) is 12.1 Å². The van der Waals surface area contributed by atoms with E-state index in [0.717, 1.165) is 11.3 Å². The van der Waals surface area contributed by atoms with E-state index in [1.165, 1.54) is 11.3 Å². The molecule has 0 radical (unpaired) electrons. The molecule has 5 nitrogen and oxygen atoms in total. The molecule has 138 valence electrons. The van der Waals surface area contributed by atoms with Crippen molar-refractivity contribution in [3.05, 3.63) is 76.5 Å². The van der Waals surface area contributed by atoms with Crippen molar-refractivity contribution in [3.8, 4) is 11.5 Å². The number of benzene rings is 2. The second kappa shape index (κ2) is 9.00. The molecule has 3 rings (SSSR count). The van der Waals surface area contributed by atoms with Crippen LogP contribution in [0.15, 0.2) is 66.0 Å². The van der Waals surface area contributed by atoms with Crippen LogP contribution < -0.4 is 14.8 Å². The minimum absolute atomic E-state index is 0.159. The molecule has 0 bridgehead atoms. The van der Waals surface area contributed by atoms with E-state index in [0.29, 0.717) is 22.7 Å². The minimum Gasteiger partial charge on any atom is -0.497 e. The van der Waals surface area contributed by atoms with Crippen LogP contribution in [-0.4, -0.2) is 19.0 Å². The van der Waals surface area contributed by atoms with Crippen LogP contribution in [0.3, 0.4) is 0 Å². The standard InChI is InChI=1S/C21H19NO4S/c1-25-18-5-2-4-15(14-18)7-12-20(23)26-17-10-8-16(9-11-17)22-21(24)19-6-3-13-27-19/h2-6,8-11,13-14H,7,12H2,1H3,(H,22,24). The number of anilines is 1. The molecule has 1 amide bonds. The van der Waals surface area contributed by atoms with Gasteiger partial charge in [-0.25, -0.2) is 0 Å². The van der Waals surface area contributed by atoms with Crippen molar-refractivity contribution in [3.63, 3.8) is 0 Å². The Bertz CT molecular complexity index is 904. The van der Waals surface area contributed by atoms with Crippen molar-refractivity contribution in [1.29, 1.82) is 0 Å². The van der Waals surface area contributed by atoms with E-state index in [9.17, 15) is 9.59 Å². The third-order valence-corrected chi connectivity index (χ3v) is 4.71. The van der Waals surface area contributed by atoms with Crippen LogP contribution in [0.2, 0.25) is 0 Å². The minimum atomic E-state index is -0.312. The number of rotatable bonds is 7. The Morgan fingerprint density at radius 2 is 1.81 bits per heavy atom. The second-order valence-electron chi connectivity index (χ2n) is 5.78. The number of methoxy groups -OCH3 is 1. The fraction of sp³-hybridized carbons (Fsp3) is 0.143. The monoisotopic (exact) mass is 381 g/mol. The topological polar surface area (TPSA) is 64.6 Å². The molecule has 0 spiro atoms. The van der Waals surface area contributed by atoms with E-state index in [4.69, 9.17) is 9.47 Å². The summed E-state index contributed by atoms with van der Waals surface area (Å²) in [5.74, 6) is 0.738. The molecule has 1 aromatic heterocycles. The molecule has 1 heterocycles. The normalized spacial score (nSPS) is 10.3. The lowest BCUT2D eigenvalue weighted by atomic mass is 10.1. The number of carbonyl (C=O) groups excluding carboxylic acids is 2. The Hall–Kier alpha value is -3.12. The van der Waals surface area contributed by atoms with Gasteiger partial charge in [0.05, 0.1) is 12.0 Å². The average molecular weight is 381 g/mol. The average Bonchev–Trinajstić information content (AvgIpc) is 3.23. The van der Waals surface area contributed by atoms with Gasteiger partial charge in [0.25, 0.3) is 5.91 Å². The Labute approximate surface area is 161 Å². The summed E-state index contributed by atoms with van der Waals surface area (Å²) in [5.41, 5.74) is 1.66. The molecule has 0 saturated carbocycles. The summed E-state index contributed by atoms with van der Waals surface area (Å²) in [5, 5.41) is 4.65. The van der Waals surface area contributed by atoms with Crippen LogP contribution in [0, 0.1) is 0 Å². The van der Waals surface area contributed by atoms with E-state index >= 15 is 0 Å². The van der Waals surface area contributed by atoms with Crippen LogP contribution in [0.4, 0.5) is 5.69 Å². The first-order valence-corrected chi connectivity index (χ1v) is 9.30. The Morgan fingerprint density at radius 1 is 1.00 bits per heavy atom. The zero-order chi connectivity index (χ0) is 19.1. The van der Waals surface area contributed by atoms with Gasteiger partial charge in [0.1, 0.15) is 11.5 Å². The maximum atomic E-state index is 12.0. The van der Waals surface area contributed by atoms with Gasteiger partial charge in [-0.3, -0.25) is 9.59 Å². The molecule has 0 fully saturated rings. The van der Waals surface area contributed by atoms with Crippen molar-refractivity contribution in [2.75, 3.05) is 12.4 Å². The summed E-state index contributed by atoms with van der Waals surface area (Å²) in [7, 11) is 1.61. The fourth-order valence-electron chi connectivity index (χ4n) is 2.46. The van der Waals surface area contributed by atoms with Crippen molar-refractivity contribution in [2.45, 2.75) is 12.8 Å². The third kappa shape index (κ3) is 5.43. The molecule has 0 aliphatic carbocycles. The van der Waals surface area contributed by atoms with Crippen LogP contribution in [-0.2, 0) is 11.2 Å². The first kappa shape index (κ1) is 18.7. The highest BCUT2D eigenvalue weighted by Crippen LogP contribution is 2.19. The van der Waals surface area contributed by atoms with Crippen molar-refractivity contribution in [1.82, 2.24) is 0 Å². The van der Waals surface area contributed by atoms with Gasteiger partial charge in [0.2, 0.25) is 0 Å². The zero-order valence-corrected chi connectivity index (χ0v) is 15.6. The molecule has 3 aromatic rings. The number of hydrogen-bond acceptors (Lipinski definition) is 5. The summed E-state index contributed by atoms with van der Waals surface area (Å²) in [6.07, 6.45) is 0.842. The highest BCUT2D eigenvalue weighted by molar-refractivity contribution is 7.12. The SMILES string of the molecule is COc1cccc(CCC(=O)Oc2ccc(NC(=O)c3cccs3)cc2)c1. The molecule has 27 heavy (non-hydrogen) atoms. The molecule has 0 aliphatic rings. The smallest absolute Gasteiger partial charge is 0.311 e. The van der Waals surface area contributed by atoms with E-state index in [2.05, 4.69) is 5.32 Å². The van der Waals surface area contributed by atoms with E-state index in [1.54, 1.807) is 37.4 Å². The summed E-state index contributed by atoms with van der Waals surface area (Å²) in [6.45, 7) is 0. The summed E-state index contributed by atoms with van der Waals surface area (Å²) in [6, 6.07) is 17.9. The Kier molecular flexibility index (Phi) is 6.22. The van der Waals surface area contributed by atoms with Gasteiger partial charge < -0.3 is 14.8 Å². The quantitative estimate of drug-likeness (QED) is 0.482. The van der Waals surface area contributed by atoms with Crippen LogP contribution in [0.5, 0.6) is 11.5 Å². The molecular weight excluding hydrogens is 362 g/mol. The fourth-order valence-corrected chi connectivity index (χ4v) is 3.08. The van der Waals surface area contributed by atoms with Crippen molar-refractivity contribution < 1.29 is 19.1 Å². The first-order valence-electron chi connectivity index (χ1n) is 8.42. The Balaban J connectivity index is 1.50. The number of aryl methyl sites for hydroxylation is 1. The van der Waals surface area contributed by atoms with Gasteiger partial charge in [-0.15, -0.1) is 11.3 Å². The summed E-state index contributed by atoms with van der Waals surface area (Å²) < 4.78 is 10.5. The molecule has 1 N–H and O–H groups in total. The van der Waals surface area contributed by atoms with Gasteiger partial charge in [-0.2, -0.15) is 0 Å². The molecule has 0 unspecified atom stereocenters. The molecule has 6 heteroatoms. The summed E-state index contributed by atoms with van der Waals surface area (Å²) >= 11 is 1.38. The first-order chi connectivity index (χ1) is 13.1. The van der Waals surface area contributed by atoms with E-state index in [-0.39, 0.29) is 18.3 Å². The zero-order valence-electron chi connectivity index (χ0n) is 14.8. The van der Waals surface area contributed by atoms with Gasteiger partial charge in [-0.1, -0.05) is 18.2 Å². The number of amides is 1. The van der Waals surface area contributed by atoms with Gasteiger partial charge in [0.15, 0.2) is 0 Å². The number of thiophene rings is 1. The summed E-state index contributed by atoms with van der Waals surface area (Å²) in [4.78, 5) is 24.7. The predicted octanol–water partition coefficient (Wildman–Crippen LogP) is 4.55. The molecule has 0 aliphatic heterocycles. The molecule has 2 aromatic carbocycles. The number of hydrogen-bond donors (Lipinski definition) is 1. The number of carbonyl (C=O) groups is 2. The van der Waals surface area contributed by atoms with Gasteiger partial charge in [-0.05, 0) is 59.8 Å². The van der Waals surface area contributed by atoms with Crippen molar-refractivity contribution in [2.24, 2.45) is 0 Å². The predicted molar refractivity (Wildman–Crippen MR) is 106 cm³/mol. The molecule has 0 saturated heterocycles. The lowest BCUT2D eigenvalue weighted by Gasteiger charge is -2.07. The van der Waals surface area contributed by atoms with Crippen LogP contribution in [0.1, 0.15) is 21.7 Å². The Morgan fingerprint density at radius 3 is 2.52 bits per heavy atom. The number of ether oxygens (including phenoxy) is 2. The highest BCUT2D eigenvalue weighted by Gasteiger charge is 2.09. The van der Waals surface area contributed by atoms with E-state index in [1.807, 2.05) is 35.7 Å². The lowest BCUT2D eigenvalue weighted by Crippen LogP contribution is -2.11.